The summed E-state index contributed by atoms with van der Waals surface area (Å²) in [6.45, 7) is 4.44. The molecule has 1 aromatic heterocycles. The Hall–Kier alpha value is -2.89. The molecule has 1 aromatic carbocycles. The summed E-state index contributed by atoms with van der Waals surface area (Å²) >= 11 is 0. The van der Waals surface area contributed by atoms with E-state index in [0.29, 0.717) is 18.1 Å². The minimum Gasteiger partial charge on any atom is -0.366 e. The van der Waals surface area contributed by atoms with Crippen LogP contribution < -0.4 is 16.0 Å². The van der Waals surface area contributed by atoms with Crippen molar-refractivity contribution in [3.63, 3.8) is 0 Å². The molecular weight excluding hydrogens is 316 g/mol. The van der Waals surface area contributed by atoms with E-state index in [1.165, 1.54) is 0 Å². The summed E-state index contributed by atoms with van der Waals surface area (Å²) in [5, 5.41) is 8.67. The summed E-state index contributed by atoms with van der Waals surface area (Å²) in [5.41, 5.74) is 2.15. The largest absolute Gasteiger partial charge is 0.366 e. The summed E-state index contributed by atoms with van der Waals surface area (Å²) in [6, 6.07) is 12.9. The highest BCUT2D eigenvalue weighted by Crippen LogP contribution is 2.14. The van der Waals surface area contributed by atoms with Gasteiger partial charge < -0.3 is 16.0 Å². The van der Waals surface area contributed by atoms with Gasteiger partial charge in [-0.05, 0) is 36.2 Å². The number of hydrogen-bond acceptors (Lipinski definition) is 4. The van der Waals surface area contributed by atoms with Crippen molar-refractivity contribution in [2.75, 3.05) is 17.7 Å². The van der Waals surface area contributed by atoms with Crippen molar-refractivity contribution in [3.05, 3.63) is 53.7 Å². The average Bonchev–Trinajstić information content (AvgIpc) is 2.65. The van der Waals surface area contributed by atoms with Crippen molar-refractivity contribution in [3.8, 4) is 0 Å². The van der Waals surface area contributed by atoms with E-state index in [0.717, 1.165) is 17.7 Å². The zero-order valence-corrected chi connectivity index (χ0v) is 14.8. The summed E-state index contributed by atoms with van der Waals surface area (Å²) < 4.78 is 0. The molecule has 0 spiro atoms. The van der Waals surface area contributed by atoms with E-state index in [1.807, 2.05) is 38.1 Å². The second-order valence-corrected chi connectivity index (χ2v) is 5.84. The van der Waals surface area contributed by atoms with Gasteiger partial charge in [0.2, 0.25) is 5.91 Å². The van der Waals surface area contributed by atoms with Crippen molar-refractivity contribution in [1.82, 2.24) is 10.3 Å². The number of pyridine rings is 1. The number of rotatable bonds is 7. The number of benzene rings is 1. The highest BCUT2D eigenvalue weighted by atomic mass is 16.2. The van der Waals surface area contributed by atoms with Crippen molar-refractivity contribution >= 4 is 23.3 Å². The van der Waals surface area contributed by atoms with Crippen molar-refractivity contribution in [2.45, 2.75) is 26.8 Å². The minimum atomic E-state index is -0.224. The van der Waals surface area contributed by atoms with Gasteiger partial charge >= 0.3 is 0 Å². The van der Waals surface area contributed by atoms with Gasteiger partial charge in [0, 0.05) is 25.2 Å². The molecule has 0 saturated carbocycles. The standard InChI is InChI=1S/C19H24N4O2/c1-4-13(2)18(24)22-15-8-5-7-14(11-15)12-21-17-10-6-9-16(23-17)19(25)20-3/h5-11,13H,4,12H2,1-3H3,(H,20,25)(H,21,23)(H,22,24)/t13-/m1/s1. The molecule has 0 saturated heterocycles. The van der Waals surface area contributed by atoms with Crippen LogP contribution in [0.1, 0.15) is 36.3 Å². The van der Waals surface area contributed by atoms with Crippen LogP contribution in [0.4, 0.5) is 11.5 Å². The fraction of sp³-hybridized carbons (Fsp3) is 0.316. The van der Waals surface area contributed by atoms with Crippen LogP contribution in [0.2, 0.25) is 0 Å². The van der Waals surface area contributed by atoms with Crippen LogP contribution in [0.5, 0.6) is 0 Å². The molecule has 1 heterocycles. The Balaban J connectivity index is 2.01. The third-order valence-corrected chi connectivity index (χ3v) is 3.94. The van der Waals surface area contributed by atoms with Crippen LogP contribution >= 0.6 is 0 Å². The lowest BCUT2D eigenvalue weighted by molar-refractivity contribution is -0.119. The van der Waals surface area contributed by atoms with E-state index in [-0.39, 0.29) is 17.7 Å². The molecule has 25 heavy (non-hydrogen) atoms. The van der Waals surface area contributed by atoms with Gasteiger partial charge in [-0.15, -0.1) is 0 Å². The molecule has 0 radical (unpaired) electrons. The lowest BCUT2D eigenvalue weighted by Gasteiger charge is -2.12. The summed E-state index contributed by atoms with van der Waals surface area (Å²) in [4.78, 5) is 27.9. The van der Waals surface area contributed by atoms with Gasteiger partial charge in [0.25, 0.3) is 5.91 Å². The second-order valence-electron chi connectivity index (χ2n) is 5.84. The van der Waals surface area contributed by atoms with Crippen LogP contribution in [0.25, 0.3) is 0 Å². The fourth-order valence-electron chi connectivity index (χ4n) is 2.19. The Bertz CT molecular complexity index is 746. The maximum Gasteiger partial charge on any atom is 0.269 e. The Morgan fingerprint density at radius 1 is 1.16 bits per heavy atom. The van der Waals surface area contributed by atoms with Gasteiger partial charge in [0.15, 0.2) is 0 Å². The Kier molecular flexibility index (Phi) is 6.51. The van der Waals surface area contributed by atoms with Crippen molar-refractivity contribution < 1.29 is 9.59 Å². The van der Waals surface area contributed by atoms with E-state index in [2.05, 4.69) is 20.9 Å². The topological polar surface area (TPSA) is 83.1 Å². The molecule has 0 aliphatic rings. The summed E-state index contributed by atoms with van der Waals surface area (Å²) in [5.74, 6) is 0.402. The number of aromatic nitrogens is 1. The van der Waals surface area contributed by atoms with Gasteiger partial charge in [0.1, 0.15) is 11.5 Å². The highest BCUT2D eigenvalue weighted by molar-refractivity contribution is 5.92. The van der Waals surface area contributed by atoms with E-state index in [9.17, 15) is 9.59 Å². The molecule has 0 bridgehead atoms. The first kappa shape index (κ1) is 18.4. The lowest BCUT2D eigenvalue weighted by Crippen LogP contribution is -2.20. The molecule has 2 rings (SSSR count). The first-order chi connectivity index (χ1) is 12.0. The average molecular weight is 340 g/mol. The molecule has 6 heteroatoms. The third kappa shape index (κ3) is 5.31. The van der Waals surface area contributed by atoms with E-state index in [4.69, 9.17) is 0 Å². The molecule has 0 aliphatic heterocycles. The molecule has 1 atom stereocenters. The number of nitrogens with one attached hydrogen (secondary N) is 3. The van der Waals surface area contributed by atoms with Gasteiger partial charge in [-0.3, -0.25) is 9.59 Å². The first-order valence-electron chi connectivity index (χ1n) is 8.36. The zero-order chi connectivity index (χ0) is 18.2. The monoisotopic (exact) mass is 340 g/mol. The number of anilines is 2. The molecule has 0 aliphatic carbocycles. The SMILES string of the molecule is CC[C@@H](C)C(=O)Nc1cccc(CNc2cccc(C(=O)NC)n2)c1. The number of amides is 2. The van der Waals surface area contributed by atoms with E-state index >= 15 is 0 Å². The Labute approximate surface area is 148 Å². The molecule has 2 amide bonds. The van der Waals surface area contributed by atoms with Gasteiger partial charge in [-0.1, -0.05) is 32.0 Å². The lowest BCUT2D eigenvalue weighted by atomic mass is 10.1. The second kappa shape index (κ2) is 8.82. The van der Waals surface area contributed by atoms with Gasteiger partial charge in [0.05, 0.1) is 0 Å². The first-order valence-corrected chi connectivity index (χ1v) is 8.36. The van der Waals surface area contributed by atoms with Crippen LogP contribution in [-0.4, -0.2) is 23.8 Å². The number of carbonyl (C=O) groups excluding carboxylic acids is 2. The Morgan fingerprint density at radius 2 is 1.92 bits per heavy atom. The number of nitrogens with zero attached hydrogens (tertiary/aromatic N) is 1. The maximum absolute atomic E-state index is 12.0. The highest BCUT2D eigenvalue weighted by Gasteiger charge is 2.10. The van der Waals surface area contributed by atoms with Crippen LogP contribution in [-0.2, 0) is 11.3 Å². The van der Waals surface area contributed by atoms with Crippen LogP contribution in [0.3, 0.4) is 0 Å². The predicted molar refractivity (Wildman–Crippen MR) is 99.5 cm³/mol. The van der Waals surface area contributed by atoms with Gasteiger partial charge in [-0.2, -0.15) is 0 Å². The Morgan fingerprint density at radius 3 is 2.64 bits per heavy atom. The quantitative estimate of drug-likeness (QED) is 0.723. The van der Waals surface area contributed by atoms with E-state index < -0.39 is 0 Å². The zero-order valence-electron chi connectivity index (χ0n) is 14.8. The molecular formula is C19H24N4O2. The smallest absolute Gasteiger partial charge is 0.269 e. The third-order valence-electron chi connectivity index (χ3n) is 3.94. The minimum absolute atomic E-state index is 0.0153. The molecule has 0 unspecified atom stereocenters. The maximum atomic E-state index is 12.0. The fourth-order valence-corrected chi connectivity index (χ4v) is 2.19. The molecule has 2 aromatic rings. The van der Waals surface area contributed by atoms with Crippen molar-refractivity contribution in [2.24, 2.45) is 5.92 Å². The number of carbonyl (C=O) groups is 2. The van der Waals surface area contributed by atoms with Gasteiger partial charge in [-0.25, -0.2) is 4.98 Å². The molecule has 3 N–H and O–H groups in total. The van der Waals surface area contributed by atoms with Crippen LogP contribution in [0.15, 0.2) is 42.5 Å². The molecule has 0 fully saturated rings. The summed E-state index contributed by atoms with van der Waals surface area (Å²) in [7, 11) is 1.57. The van der Waals surface area contributed by atoms with Crippen LogP contribution in [0, 0.1) is 5.92 Å². The molecule has 6 nitrogen and oxygen atoms in total. The summed E-state index contributed by atoms with van der Waals surface area (Å²) in [6.07, 6.45) is 0.806. The number of hydrogen-bond donors (Lipinski definition) is 3. The predicted octanol–water partition coefficient (Wildman–Crippen LogP) is 3.04. The van der Waals surface area contributed by atoms with E-state index in [1.54, 1.807) is 25.2 Å². The normalized spacial score (nSPS) is 11.5. The molecule has 132 valence electrons. The van der Waals surface area contributed by atoms with Crippen molar-refractivity contribution in [1.29, 1.82) is 0 Å².